The number of halogens is 4. The summed E-state index contributed by atoms with van der Waals surface area (Å²) in [5.74, 6) is -0.534. The van der Waals surface area contributed by atoms with E-state index in [4.69, 9.17) is 11.6 Å². The van der Waals surface area contributed by atoms with Crippen LogP contribution >= 0.6 is 23.4 Å². The van der Waals surface area contributed by atoms with E-state index >= 15 is 0 Å². The van der Waals surface area contributed by atoms with Gasteiger partial charge in [-0.2, -0.15) is 13.2 Å². The number of anilines is 1. The van der Waals surface area contributed by atoms with Crippen molar-refractivity contribution in [2.24, 2.45) is 0 Å². The van der Waals surface area contributed by atoms with Crippen molar-refractivity contribution < 1.29 is 18.0 Å². The molecular weight excluding hydrogens is 447 g/mol. The Morgan fingerprint density at radius 2 is 1.94 bits per heavy atom. The van der Waals surface area contributed by atoms with E-state index in [1.54, 1.807) is 16.7 Å². The third kappa shape index (κ3) is 5.90. The van der Waals surface area contributed by atoms with Gasteiger partial charge in [0, 0.05) is 22.4 Å². The summed E-state index contributed by atoms with van der Waals surface area (Å²) in [6.07, 6.45) is -2.57. The smallest absolute Gasteiger partial charge is 0.324 e. The maximum absolute atomic E-state index is 13.2. The molecule has 2 aromatic carbocycles. The number of alkyl halides is 3. The number of likely N-dealkylation sites (N-methyl/N-ethyl adjacent to an activating group) is 1. The van der Waals surface area contributed by atoms with E-state index in [-0.39, 0.29) is 12.2 Å². The highest BCUT2D eigenvalue weighted by atomic mass is 35.5. The molecule has 9 heteroatoms. The highest BCUT2D eigenvalue weighted by Gasteiger charge is 2.33. The first-order valence-corrected chi connectivity index (χ1v) is 11.1. The first kappa shape index (κ1) is 23.4. The van der Waals surface area contributed by atoms with Gasteiger partial charge in [0.25, 0.3) is 0 Å². The Kier molecular flexibility index (Phi) is 7.46. The van der Waals surface area contributed by atoms with Crippen LogP contribution in [0.15, 0.2) is 53.4 Å². The molecule has 0 saturated heterocycles. The molecule has 0 radical (unpaired) electrons. The number of rotatable bonds is 7. The van der Waals surface area contributed by atoms with E-state index in [9.17, 15) is 18.0 Å². The first-order valence-electron chi connectivity index (χ1n) is 9.53. The minimum absolute atomic E-state index is 0.0809. The number of thioether (sulfide) groups is 1. The van der Waals surface area contributed by atoms with Gasteiger partial charge in [-0.3, -0.25) is 9.69 Å². The van der Waals surface area contributed by atoms with Crippen LogP contribution < -0.4 is 5.32 Å². The van der Waals surface area contributed by atoms with Crippen molar-refractivity contribution in [2.75, 3.05) is 24.7 Å². The standard InChI is InChI=1S/C22H21ClF3N3OS/c1-3-29(13-20(30)27-18-7-5-4-6-17(18)22(24,25)26)12-15-10-14-8-9-16(31-2)11-19(14)28-21(15)23/h4-11H,3,12-13H2,1-2H3,(H,27,30). The maximum Gasteiger partial charge on any atom is 0.418 e. The van der Waals surface area contributed by atoms with Crippen molar-refractivity contribution in [2.45, 2.75) is 24.5 Å². The van der Waals surface area contributed by atoms with E-state index in [0.717, 1.165) is 27.4 Å². The lowest BCUT2D eigenvalue weighted by molar-refractivity contribution is -0.137. The molecule has 0 unspecified atom stereocenters. The van der Waals surface area contributed by atoms with Crippen molar-refractivity contribution >= 4 is 45.9 Å². The van der Waals surface area contributed by atoms with Crippen LogP contribution in [-0.2, 0) is 17.5 Å². The van der Waals surface area contributed by atoms with E-state index in [0.29, 0.717) is 18.2 Å². The van der Waals surface area contributed by atoms with E-state index in [1.807, 2.05) is 37.4 Å². The summed E-state index contributed by atoms with van der Waals surface area (Å²) in [4.78, 5) is 19.8. The molecule has 31 heavy (non-hydrogen) atoms. The Bertz CT molecular complexity index is 1090. The van der Waals surface area contributed by atoms with Crippen molar-refractivity contribution in [1.82, 2.24) is 9.88 Å². The van der Waals surface area contributed by atoms with Crippen LogP contribution in [0.3, 0.4) is 0 Å². The number of nitrogens with one attached hydrogen (secondary N) is 1. The summed E-state index contributed by atoms with van der Waals surface area (Å²) in [6.45, 7) is 2.64. The monoisotopic (exact) mass is 467 g/mol. The lowest BCUT2D eigenvalue weighted by Crippen LogP contribution is -2.33. The SMILES string of the molecule is CCN(CC(=O)Nc1ccccc1C(F)(F)F)Cc1cc2ccc(SC)cc2nc1Cl. The molecule has 0 bridgehead atoms. The molecule has 0 aliphatic carbocycles. The van der Waals surface area contributed by atoms with Crippen molar-refractivity contribution in [3.05, 3.63) is 64.8 Å². The summed E-state index contributed by atoms with van der Waals surface area (Å²) in [5, 5.41) is 3.64. The second-order valence-corrected chi connectivity index (χ2v) is 8.13. The van der Waals surface area contributed by atoms with E-state index in [2.05, 4.69) is 10.3 Å². The maximum atomic E-state index is 13.2. The fourth-order valence-electron chi connectivity index (χ4n) is 3.16. The fourth-order valence-corrected chi connectivity index (χ4v) is 3.80. The van der Waals surface area contributed by atoms with Crippen LogP contribution in [0.4, 0.5) is 18.9 Å². The Morgan fingerprint density at radius 1 is 1.19 bits per heavy atom. The van der Waals surface area contributed by atoms with Gasteiger partial charge in [-0.25, -0.2) is 4.98 Å². The summed E-state index contributed by atoms with van der Waals surface area (Å²) in [5.41, 5.74) is 0.394. The molecule has 1 aromatic heterocycles. The summed E-state index contributed by atoms with van der Waals surface area (Å²) >= 11 is 7.98. The summed E-state index contributed by atoms with van der Waals surface area (Å²) in [7, 11) is 0. The predicted octanol–water partition coefficient (Wildman–Crippen LogP) is 6.09. The summed E-state index contributed by atoms with van der Waals surface area (Å²) < 4.78 is 39.5. The van der Waals surface area contributed by atoms with Crippen molar-refractivity contribution in [3.8, 4) is 0 Å². The minimum Gasteiger partial charge on any atom is -0.324 e. The van der Waals surface area contributed by atoms with Gasteiger partial charge in [-0.05, 0) is 43.1 Å². The molecule has 0 atom stereocenters. The van der Waals surface area contributed by atoms with E-state index < -0.39 is 17.6 Å². The Hall–Kier alpha value is -2.29. The molecule has 0 fully saturated rings. The average Bonchev–Trinajstić information content (AvgIpc) is 2.72. The number of hydrogen-bond donors (Lipinski definition) is 1. The number of para-hydroxylation sites is 1. The topological polar surface area (TPSA) is 45.2 Å². The molecule has 0 saturated carbocycles. The predicted molar refractivity (Wildman–Crippen MR) is 120 cm³/mol. The molecule has 0 aliphatic rings. The van der Waals surface area contributed by atoms with Crippen molar-refractivity contribution in [3.63, 3.8) is 0 Å². The normalized spacial score (nSPS) is 11.8. The Labute approximate surface area is 187 Å². The quantitative estimate of drug-likeness (QED) is 0.337. The third-order valence-corrected chi connectivity index (χ3v) is 5.82. The third-order valence-electron chi connectivity index (χ3n) is 4.77. The second-order valence-electron chi connectivity index (χ2n) is 6.89. The zero-order valence-electron chi connectivity index (χ0n) is 17.0. The van der Waals surface area contributed by atoms with Gasteiger partial charge >= 0.3 is 6.18 Å². The lowest BCUT2D eigenvalue weighted by atomic mass is 10.1. The number of carbonyl (C=O) groups is 1. The molecule has 164 valence electrons. The average molecular weight is 468 g/mol. The number of carbonyl (C=O) groups excluding carboxylic acids is 1. The highest BCUT2D eigenvalue weighted by Crippen LogP contribution is 2.34. The number of aromatic nitrogens is 1. The van der Waals surface area contributed by atoms with Crippen molar-refractivity contribution in [1.29, 1.82) is 0 Å². The minimum atomic E-state index is -4.55. The largest absolute Gasteiger partial charge is 0.418 e. The highest BCUT2D eigenvalue weighted by molar-refractivity contribution is 7.98. The van der Waals surface area contributed by atoms with Gasteiger partial charge in [0.1, 0.15) is 5.15 Å². The molecule has 1 N–H and O–H groups in total. The zero-order valence-corrected chi connectivity index (χ0v) is 18.5. The molecule has 3 rings (SSSR count). The first-order chi connectivity index (χ1) is 14.7. The molecule has 3 aromatic rings. The van der Waals surface area contributed by atoms with Crippen LogP contribution in [0.25, 0.3) is 10.9 Å². The number of benzene rings is 2. The van der Waals surface area contributed by atoms with Crippen LogP contribution in [0.5, 0.6) is 0 Å². The van der Waals surface area contributed by atoms with Gasteiger partial charge in [-0.15, -0.1) is 11.8 Å². The number of nitrogens with zero attached hydrogens (tertiary/aromatic N) is 2. The summed E-state index contributed by atoms with van der Waals surface area (Å²) in [6, 6.07) is 12.8. The van der Waals surface area contributed by atoms with Crippen LogP contribution in [0.2, 0.25) is 5.15 Å². The lowest BCUT2D eigenvalue weighted by Gasteiger charge is -2.21. The molecular formula is C22H21ClF3N3OS. The Balaban J connectivity index is 1.74. The zero-order chi connectivity index (χ0) is 22.6. The van der Waals surface area contributed by atoms with Gasteiger partial charge in [-0.1, -0.05) is 36.7 Å². The van der Waals surface area contributed by atoms with Crippen LogP contribution in [0, 0.1) is 0 Å². The second kappa shape index (κ2) is 9.89. The molecule has 1 heterocycles. The number of amides is 1. The number of pyridine rings is 1. The fraction of sp³-hybridized carbons (Fsp3) is 0.273. The van der Waals surface area contributed by atoms with Gasteiger partial charge in [0.05, 0.1) is 23.3 Å². The van der Waals surface area contributed by atoms with Gasteiger partial charge in [0.15, 0.2) is 0 Å². The van der Waals surface area contributed by atoms with Crippen LogP contribution in [-0.4, -0.2) is 35.1 Å². The van der Waals surface area contributed by atoms with E-state index in [1.165, 1.54) is 18.2 Å². The van der Waals surface area contributed by atoms with Gasteiger partial charge < -0.3 is 5.32 Å². The number of fused-ring (bicyclic) bond motifs is 1. The number of hydrogen-bond acceptors (Lipinski definition) is 4. The molecule has 1 amide bonds. The molecule has 4 nitrogen and oxygen atoms in total. The Morgan fingerprint density at radius 3 is 2.61 bits per heavy atom. The van der Waals surface area contributed by atoms with Crippen LogP contribution in [0.1, 0.15) is 18.1 Å². The van der Waals surface area contributed by atoms with Gasteiger partial charge in [0.2, 0.25) is 5.91 Å². The molecule has 0 spiro atoms. The molecule has 0 aliphatic heterocycles.